The van der Waals surface area contributed by atoms with E-state index < -0.39 is 5.63 Å². The first-order valence-corrected chi connectivity index (χ1v) is 10.1. The van der Waals surface area contributed by atoms with Crippen LogP contribution < -0.4 is 15.7 Å². The van der Waals surface area contributed by atoms with Gasteiger partial charge < -0.3 is 14.5 Å². The van der Waals surface area contributed by atoms with Crippen LogP contribution in [0.4, 0.5) is 5.69 Å². The normalized spacial score (nSPS) is 10.8. The molecule has 3 aromatic carbocycles. The third-order valence-electron chi connectivity index (χ3n) is 5.10. The van der Waals surface area contributed by atoms with Crippen LogP contribution in [0.3, 0.4) is 0 Å². The molecule has 6 heteroatoms. The molecule has 0 aliphatic heterocycles. The minimum atomic E-state index is -0.444. The second-order valence-corrected chi connectivity index (χ2v) is 7.57. The van der Waals surface area contributed by atoms with Gasteiger partial charge in [0.2, 0.25) is 0 Å². The number of anilines is 1. The van der Waals surface area contributed by atoms with Gasteiger partial charge in [0.05, 0.1) is 0 Å². The molecule has 4 rings (SSSR count). The number of hydrogen-bond acceptors (Lipinski definition) is 4. The lowest BCUT2D eigenvalue weighted by molar-refractivity contribution is -0.118. The van der Waals surface area contributed by atoms with Crippen LogP contribution in [-0.4, -0.2) is 12.5 Å². The number of amides is 1. The molecule has 0 bridgehead atoms. The number of hydrogen-bond donors (Lipinski definition) is 1. The van der Waals surface area contributed by atoms with Crippen molar-refractivity contribution in [3.05, 3.63) is 93.3 Å². The molecule has 5 nitrogen and oxygen atoms in total. The van der Waals surface area contributed by atoms with Gasteiger partial charge in [0.25, 0.3) is 5.91 Å². The predicted molar refractivity (Wildman–Crippen MR) is 123 cm³/mol. The van der Waals surface area contributed by atoms with Crippen LogP contribution in [0, 0.1) is 13.8 Å². The van der Waals surface area contributed by atoms with Crippen LogP contribution in [0.5, 0.6) is 5.75 Å². The quantitative estimate of drug-likeness (QED) is 0.407. The monoisotopic (exact) mass is 433 g/mol. The second kappa shape index (κ2) is 8.66. The molecule has 1 aromatic heterocycles. The van der Waals surface area contributed by atoms with Crippen LogP contribution in [0.25, 0.3) is 22.1 Å². The van der Waals surface area contributed by atoms with Gasteiger partial charge in [-0.25, -0.2) is 4.79 Å². The van der Waals surface area contributed by atoms with E-state index in [0.29, 0.717) is 27.6 Å². The maximum atomic E-state index is 12.4. The summed E-state index contributed by atoms with van der Waals surface area (Å²) in [6.45, 7) is 3.44. The number of benzene rings is 3. The smallest absolute Gasteiger partial charge is 0.336 e. The largest absolute Gasteiger partial charge is 0.483 e. The number of aryl methyl sites for hydroxylation is 1. The van der Waals surface area contributed by atoms with Gasteiger partial charge in [-0.1, -0.05) is 48.0 Å². The Morgan fingerprint density at radius 1 is 1.00 bits per heavy atom. The van der Waals surface area contributed by atoms with Crippen LogP contribution >= 0.6 is 11.6 Å². The molecule has 0 fully saturated rings. The number of carbonyl (C=O) groups is 1. The predicted octanol–water partition coefficient (Wildman–Crippen LogP) is 5.75. The Morgan fingerprint density at radius 2 is 1.77 bits per heavy atom. The van der Waals surface area contributed by atoms with E-state index in [1.54, 1.807) is 31.2 Å². The van der Waals surface area contributed by atoms with Gasteiger partial charge in [0.15, 0.2) is 6.61 Å². The molecule has 0 unspecified atom stereocenters. The Kier molecular flexibility index (Phi) is 5.78. The summed E-state index contributed by atoms with van der Waals surface area (Å²) in [5.41, 5.74) is 3.78. The van der Waals surface area contributed by atoms with Crippen molar-refractivity contribution in [1.29, 1.82) is 0 Å². The molecule has 0 spiro atoms. The van der Waals surface area contributed by atoms with E-state index in [0.717, 1.165) is 22.1 Å². The minimum absolute atomic E-state index is 0.194. The van der Waals surface area contributed by atoms with Crippen LogP contribution in [0.1, 0.15) is 11.1 Å². The number of carbonyl (C=O) groups excluding carboxylic acids is 1. The first-order chi connectivity index (χ1) is 14.9. The maximum absolute atomic E-state index is 12.4. The third kappa shape index (κ3) is 4.32. The fourth-order valence-electron chi connectivity index (χ4n) is 3.43. The van der Waals surface area contributed by atoms with Crippen LogP contribution in [-0.2, 0) is 4.79 Å². The van der Waals surface area contributed by atoms with Crippen molar-refractivity contribution in [1.82, 2.24) is 0 Å². The Bertz CT molecular complexity index is 1330. The number of nitrogens with one attached hydrogen (secondary N) is 1. The van der Waals surface area contributed by atoms with Gasteiger partial charge in [-0.15, -0.1) is 0 Å². The highest BCUT2D eigenvalue weighted by atomic mass is 35.5. The van der Waals surface area contributed by atoms with E-state index in [9.17, 15) is 9.59 Å². The lowest BCUT2D eigenvalue weighted by Gasteiger charge is -2.13. The molecule has 4 aromatic rings. The van der Waals surface area contributed by atoms with Crippen molar-refractivity contribution < 1.29 is 13.9 Å². The molecule has 0 aliphatic rings. The maximum Gasteiger partial charge on any atom is 0.336 e. The topological polar surface area (TPSA) is 68.5 Å². The summed E-state index contributed by atoms with van der Waals surface area (Å²) < 4.78 is 11.2. The lowest BCUT2D eigenvalue weighted by atomic mass is 10.0. The van der Waals surface area contributed by atoms with Gasteiger partial charge in [0, 0.05) is 27.7 Å². The summed E-state index contributed by atoms with van der Waals surface area (Å²) >= 11 is 6.10. The minimum Gasteiger partial charge on any atom is -0.483 e. The molecule has 0 aliphatic carbocycles. The van der Waals surface area contributed by atoms with Crippen molar-refractivity contribution in [3.8, 4) is 16.9 Å². The van der Waals surface area contributed by atoms with Crippen molar-refractivity contribution in [2.45, 2.75) is 13.8 Å². The fraction of sp³-hybridized carbons (Fsp3) is 0.120. The lowest BCUT2D eigenvalue weighted by Crippen LogP contribution is -2.21. The van der Waals surface area contributed by atoms with Gasteiger partial charge in [0.1, 0.15) is 11.3 Å². The van der Waals surface area contributed by atoms with Gasteiger partial charge in [-0.3, -0.25) is 4.79 Å². The van der Waals surface area contributed by atoms with E-state index in [-0.39, 0.29) is 12.5 Å². The van der Waals surface area contributed by atoms with Gasteiger partial charge >= 0.3 is 5.63 Å². The molecule has 1 amide bonds. The Hall–Kier alpha value is -3.57. The molecule has 31 heavy (non-hydrogen) atoms. The molecule has 0 saturated heterocycles. The molecule has 1 N–H and O–H groups in total. The molecule has 1 heterocycles. The summed E-state index contributed by atoms with van der Waals surface area (Å²) in [5, 5.41) is 4.17. The molecular formula is C25H20ClNO4. The zero-order chi connectivity index (χ0) is 22.0. The first-order valence-electron chi connectivity index (χ1n) is 9.74. The number of ether oxygens (including phenoxy) is 1. The van der Waals surface area contributed by atoms with Crippen molar-refractivity contribution in [3.63, 3.8) is 0 Å². The van der Waals surface area contributed by atoms with E-state index in [2.05, 4.69) is 5.32 Å². The standard InChI is InChI=1S/C25H20ClNO4/c1-15-20(26)9-6-10-21(15)27-23(28)14-30-22-12-11-18-19(17-7-4-3-5-8-17)13-24(29)31-25(18)16(22)2/h3-13H,14H2,1-2H3,(H,27,28). The summed E-state index contributed by atoms with van der Waals surface area (Å²) in [5.74, 6) is 0.156. The van der Waals surface area contributed by atoms with E-state index in [4.69, 9.17) is 20.8 Å². The number of rotatable bonds is 5. The van der Waals surface area contributed by atoms with Gasteiger partial charge in [-0.05, 0) is 54.8 Å². The van der Waals surface area contributed by atoms with Crippen LogP contribution in [0.2, 0.25) is 5.02 Å². The van der Waals surface area contributed by atoms with Crippen molar-refractivity contribution >= 4 is 34.2 Å². The Balaban J connectivity index is 1.59. The average molecular weight is 434 g/mol. The summed E-state index contributed by atoms with van der Waals surface area (Å²) in [7, 11) is 0. The summed E-state index contributed by atoms with van der Waals surface area (Å²) in [6, 6.07) is 20.0. The molecule has 0 radical (unpaired) electrons. The number of fused-ring (bicyclic) bond motifs is 1. The fourth-order valence-corrected chi connectivity index (χ4v) is 3.60. The highest BCUT2D eigenvalue weighted by Gasteiger charge is 2.14. The molecular weight excluding hydrogens is 414 g/mol. The molecule has 0 saturated carbocycles. The van der Waals surface area contributed by atoms with E-state index >= 15 is 0 Å². The number of halogens is 1. The molecule has 156 valence electrons. The van der Waals surface area contributed by atoms with Crippen molar-refractivity contribution in [2.24, 2.45) is 0 Å². The Labute approximate surface area is 184 Å². The SMILES string of the molecule is Cc1c(Cl)cccc1NC(=O)COc1ccc2c(-c3ccccc3)cc(=O)oc2c1C. The molecule has 0 atom stereocenters. The summed E-state index contributed by atoms with van der Waals surface area (Å²) in [4.78, 5) is 24.6. The zero-order valence-corrected chi connectivity index (χ0v) is 17.8. The Morgan fingerprint density at radius 3 is 2.55 bits per heavy atom. The summed E-state index contributed by atoms with van der Waals surface area (Å²) in [6.07, 6.45) is 0. The van der Waals surface area contributed by atoms with E-state index in [1.165, 1.54) is 6.07 Å². The first kappa shape index (κ1) is 20.7. The van der Waals surface area contributed by atoms with E-state index in [1.807, 2.05) is 43.3 Å². The third-order valence-corrected chi connectivity index (χ3v) is 5.51. The highest BCUT2D eigenvalue weighted by Crippen LogP contribution is 2.33. The van der Waals surface area contributed by atoms with Crippen LogP contribution in [0.15, 0.2) is 75.9 Å². The zero-order valence-electron chi connectivity index (χ0n) is 17.1. The average Bonchev–Trinajstić information content (AvgIpc) is 2.77. The van der Waals surface area contributed by atoms with Crippen molar-refractivity contribution in [2.75, 3.05) is 11.9 Å². The highest BCUT2D eigenvalue weighted by molar-refractivity contribution is 6.31. The second-order valence-electron chi connectivity index (χ2n) is 7.16. The van der Waals surface area contributed by atoms with Gasteiger partial charge in [-0.2, -0.15) is 0 Å².